The summed E-state index contributed by atoms with van der Waals surface area (Å²) in [7, 11) is 0. The number of fused-ring (bicyclic) bond motifs is 1. The number of hydrogen-bond donors (Lipinski definition) is 2. The van der Waals surface area contributed by atoms with E-state index in [2.05, 4.69) is 28.4 Å². The van der Waals surface area contributed by atoms with Gasteiger partial charge in [0.25, 0.3) is 5.91 Å². The standard InChI is InChI=1S/C21H25N3O4/c1-3-18(22-4-2)20(26)23-16-7-9-24(10-8-16)12-19(25)14-5-6-17-15(11-14)13-28-21(17)27/h3-6,11,16,19,25H,1-2,7-10,12-13H2,(H,23,26)/t19-/m0/s1. The Bertz CT molecular complexity index is 810. The van der Waals surface area contributed by atoms with Gasteiger partial charge in [-0.2, -0.15) is 0 Å². The first-order chi connectivity index (χ1) is 13.5. The molecule has 2 heterocycles. The normalized spacial score (nSPS) is 18.9. The van der Waals surface area contributed by atoms with E-state index in [0.717, 1.165) is 37.1 Å². The van der Waals surface area contributed by atoms with Gasteiger partial charge in [-0.05, 0) is 36.6 Å². The van der Waals surface area contributed by atoms with Crippen LogP contribution in [0.1, 0.15) is 40.4 Å². The maximum absolute atomic E-state index is 12.1. The fourth-order valence-corrected chi connectivity index (χ4v) is 3.53. The van der Waals surface area contributed by atoms with Gasteiger partial charge in [0.05, 0.1) is 11.7 Å². The van der Waals surface area contributed by atoms with Crippen LogP contribution in [0.5, 0.6) is 0 Å². The molecule has 1 saturated heterocycles. The Labute approximate surface area is 164 Å². The van der Waals surface area contributed by atoms with Gasteiger partial charge in [0.1, 0.15) is 12.3 Å². The summed E-state index contributed by atoms with van der Waals surface area (Å²) in [4.78, 5) is 29.7. The molecule has 148 valence electrons. The highest BCUT2D eigenvalue weighted by Crippen LogP contribution is 2.25. The number of nitrogens with one attached hydrogen (secondary N) is 1. The molecule has 0 aliphatic carbocycles. The van der Waals surface area contributed by atoms with Crippen molar-refractivity contribution in [3.05, 3.63) is 60.3 Å². The summed E-state index contributed by atoms with van der Waals surface area (Å²) in [6.45, 7) is 9.40. The largest absolute Gasteiger partial charge is 0.457 e. The van der Waals surface area contributed by atoms with Crippen LogP contribution in [0.3, 0.4) is 0 Å². The second-order valence-electron chi connectivity index (χ2n) is 6.96. The lowest BCUT2D eigenvalue weighted by molar-refractivity contribution is -0.115. The molecular weight excluding hydrogens is 358 g/mol. The third-order valence-electron chi connectivity index (χ3n) is 5.10. The number of rotatable bonds is 7. The van der Waals surface area contributed by atoms with Crippen molar-refractivity contribution in [1.82, 2.24) is 10.2 Å². The number of carbonyl (C=O) groups excluding carboxylic acids is 2. The number of aliphatic hydroxyl groups excluding tert-OH is 1. The molecule has 0 unspecified atom stereocenters. The van der Waals surface area contributed by atoms with E-state index in [0.29, 0.717) is 12.1 Å². The minimum absolute atomic E-state index is 0.0685. The first kappa shape index (κ1) is 20.0. The zero-order valence-corrected chi connectivity index (χ0v) is 15.8. The summed E-state index contributed by atoms with van der Waals surface area (Å²) >= 11 is 0. The molecule has 1 fully saturated rings. The number of aliphatic hydroxyl groups is 1. The van der Waals surface area contributed by atoms with Crippen LogP contribution in [0.25, 0.3) is 0 Å². The van der Waals surface area contributed by atoms with Crippen LogP contribution in [0.4, 0.5) is 0 Å². The number of amides is 1. The number of likely N-dealkylation sites (tertiary alicyclic amines) is 1. The number of esters is 1. The number of ether oxygens (including phenoxy) is 1. The number of piperidine rings is 1. The molecule has 1 atom stereocenters. The Morgan fingerprint density at radius 3 is 2.82 bits per heavy atom. The number of benzene rings is 1. The third-order valence-corrected chi connectivity index (χ3v) is 5.10. The van der Waals surface area contributed by atoms with Crippen molar-refractivity contribution in [1.29, 1.82) is 0 Å². The van der Waals surface area contributed by atoms with Crippen LogP contribution >= 0.6 is 0 Å². The van der Waals surface area contributed by atoms with Crippen LogP contribution < -0.4 is 5.32 Å². The molecule has 0 radical (unpaired) electrons. The molecule has 1 aromatic rings. The molecule has 2 aliphatic heterocycles. The summed E-state index contributed by atoms with van der Waals surface area (Å²) in [5, 5.41) is 13.5. The van der Waals surface area contributed by atoms with Crippen molar-refractivity contribution in [2.24, 2.45) is 4.99 Å². The number of nitrogens with zero attached hydrogens (tertiary/aromatic N) is 2. The van der Waals surface area contributed by atoms with E-state index in [1.807, 2.05) is 6.07 Å². The number of cyclic esters (lactones) is 1. The summed E-state index contributed by atoms with van der Waals surface area (Å²) in [5.74, 6) is -0.554. The molecular formula is C21H25N3O4. The highest BCUT2D eigenvalue weighted by molar-refractivity contribution is 6.43. The van der Waals surface area contributed by atoms with E-state index in [-0.39, 0.29) is 30.2 Å². The van der Waals surface area contributed by atoms with E-state index in [1.165, 1.54) is 12.3 Å². The molecule has 2 aliphatic rings. The van der Waals surface area contributed by atoms with Crippen LogP contribution in [-0.2, 0) is 16.1 Å². The smallest absolute Gasteiger partial charge is 0.338 e. The average Bonchev–Trinajstić information content (AvgIpc) is 3.07. The monoisotopic (exact) mass is 383 g/mol. The molecule has 3 rings (SSSR count). The first-order valence-electron chi connectivity index (χ1n) is 9.34. The molecule has 7 heteroatoms. The van der Waals surface area contributed by atoms with Crippen molar-refractivity contribution < 1.29 is 19.4 Å². The van der Waals surface area contributed by atoms with Gasteiger partial charge in [-0.15, -0.1) is 0 Å². The van der Waals surface area contributed by atoms with Gasteiger partial charge in [-0.3, -0.25) is 9.79 Å². The Kier molecular flexibility index (Phi) is 6.38. The highest BCUT2D eigenvalue weighted by Gasteiger charge is 2.25. The van der Waals surface area contributed by atoms with Crippen LogP contribution in [0.15, 0.2) is 48.6 Å². The van der Waals surface area contributed by atoms with Crippen molar-refractivity contribution in [2.45, 2.75) is 31.6 Å². The van der Waals surface area contributed by atoms with Crippen LogP contribution in [0.2, 0.25) is 0 Å². The second kappa shape index (κ2) is 8.95. The third kappa shape index (κ3) is 4.55. The minimum atomic E-state index is -0.640. The van der Waals surface area contributed by atoms with Gasteiger partial charge >= 0.3 is 5.97 Å². The Morgan fingerprint density at radius 1 is 1.39 bits per heavy atom. The zero-order chi connectivity index (χ0) is 20.1. The number of aliphatic imine (C=N–C) groups is 1. The van der Waals surface area contributed by atoms with Gasteiger partial charge in [0.2, 0.25) is 0 Å². The average molecular weight is 383 g/mol. The molecule has 0 aromatic heterocycles. The highest BCUT2D eigenvalue weighted by atomic mass is 16.5. The molecule has 1 aromatic carbocycles. The molecule has 1 amide bonds. The predicted molar refractivity (Wildman–Crippen MR) is 106 cm³/mol. The Hall–Kier alpha value is -2.77. The maximum atomic E-state index is 12.1. The van der Waals surface area contributed by atoms with E-state index in [1.54, 1.807) is 12.1 Å². The van der Waals surface area contributed by atoms with Crippen molar-refractivity contribution in [2.75, 3.05) is 19.6 Å². The number of β-amino-alcohol motifs (C(OH)–C–C–N with tert-alkyl or cyclic N) is 1. The lowest BCUT2D eigenvalue weighted by Gasteiger charge is -2.33. The summed E-state index contributed by atoms with van der Waals surface area (Å²) in [5.41, 5.74) is 2.43. The number of hydrogen-bond acceptors (Lipinski definition) is 6. The molecule has 2 N–H and O–H groups in total. The van der Waals surface area contributed by atoms with Crippen molar-refractivity contribution in [3.8, 4) is 0 Å². The van der Waals surface area contributed by atoms with Crippen LogP contribution in [0, 0.1) is 0 Å². The quantitative estimate of drug-likeness (QED) is 0.553. The zero-order valence-electron chi connectivity index (χ0n) is 15.8. The topological polar surface area (TPSA) is 91.2 Å². The van der Waals surface area contributed by atoms with Gasteiger partial charge < -0.3 is 20.1 Å². The van der Waals surface area contributed by atoms with Gasteiger partial charge in [-0.25, -0.2) is 4.79 Å². The van der Waals surface area contributed by atoms with Crippen LogP contribution in [-0.4, -0.2) is 53.3 Å². The predicted octanol–water partition coefficient (Wildman–Crippen LogP) is 1.74. The van der Waals surface area contributed by atoms with Gasteiger partial charge in [0, 0.05) is 37.4 Å². The summed E-state index contributed by atoms with van der Waals surface area (Å²) in [6, 6.07) is 5.40. The fraction of sp³-hybridized carbons (Fsp3) is 0.381. The first-order valence-corrected chi connectivity index (χ1v) is 9.34. The fourth-order valence-electron chi connectivity index (χ4n) is 3.53. The Morgan fingerprint density at radius 2 is 2.14 bits per heavy atom. The molecule has 0 saturated carbocycles. The van der Waals surface area contributed by atoms with Gasteiger partial charge in [0.15, 0.2) is 0 Å². The molecule has 28 heavy (non-hydrogen) atoms. The molecule has 0 bridgehead atoms. The Balaban J connectivity index is 1.50. The lowest BCUT2D eigenvalue weighted by Crippen LogP contribution is -2.47. The summed E-state index contributed by atoms with van der Waals surface area (Å²) in [6.07, 6.45) is 3.69. The minimum Gasteiger partial charge on any atom is -0.457 e. The second-order valence-corrected chi connectivity index (χ2v) is 6.96. The number of carbonyl (C=O) groups is 2. The maximum Gasteiger partial charge on any atom is 0.338 e. The van der Waals surface area contributed by atoms with E-state index < -0.39 is 6.10 Å². The van der Waals surface area contributed by atoms with E-state index >= 15 is 0 Å². The van der Waals surface area contributed by atoms with Gasteiger partial charge in [-0.1, -0.05) is 19.2 Å². The van der Waals surface area contributed by atoms with Crippen molar-refractivity contribution in [3.63, 3.8) is 0 Å². The van der Waals surface area contributed by atoms with E-state index in [4.69, 9.17) is 4.74 Å². The molecule has 7 nitrogen and oxygen atoms in total. The SMILES string of the molecule is C=CN=C(C=C)C(=O)NC1CCN(C[C@H](O)c2ccc3c(c2)COC3=O)CC1. The lowest BCUT2D eigenvalue weighted by atomic mass is 10.0. The summed E-state index contributed by atoms with van der Waals surface area (Å²) < 4.78 is 5.01. The molecule has 0 spiro atoms. The van der Waals surface area contributed by atoms with Crippen molar-refractivity contribution >= 4 is 17.6 Å². The van der Waals surface area contributed by atoms with E-state index in [9.17, 15) is 14.7 Å².